The molecule has 2 fully saturated rings. The fraction of sp³-hybridized carbons (Fsp3) is 0.591. The SMILES string of the molecule is CCNC(=NCCc1c(C)[nH]c2ccccc12)N1CCC(N2CCOCC2)C1.I. The number of fused-ring (bicyclic) bond motifs is 1. The lowest BCUT2D eigenvalue weighted by molar-refractivity contribution is 0.0195. The normalized spacial score (nSPS) is 20.8. The van der Waals surface area contributed by atoms with E-state index < -0.39 is 0 Å². The number of aromatic nitrogens is 1. The Hall–Kier alpha value is -1.32. The molecule has 4 rings (SSSR count). The van der Waals surface area contributed by atoms with Crippen molar-refractivity contribution >= 4 is 40.8 Å². The zero-order chi connectivity index (χ0) is 19.3. The van der Waals surface area contributed by atoms with Gasteiger partial charge in [0.15, 0.2) is 5.96 Å². The van der Waals surface area contributed by atoms with Crippen molar-refractivity contribution in [3.63, 3.8) is 0 Å². The molecule has 3 heterocycles. The number of likely N-dealkylation sites (tertiary alicyclic amines) is 1. The van der Waals surface area contributed by atoms with E-state index in [2.05, 4.69) is 58.2 Å². The van der Waals surface area contributed by atoms with Gasteiger partial charge in [-0.3, -0.25) is 9.89 Å². The summed E-state index contributed by atoms with van der Waals surface area (Å²) in [5.41, 5.74) is 3.87. The topological polar surface area (TPSA) is 55.9 Å². The monoisotopic (exact) mass is 511 g/mol. The highest BCUT2D eigenvalue weighted by molar-refractivity contribution is 14.0. The third kappa shape index (κ3) is 5.24. The maximum absolute atomic E-state index is 5.51. The molecule has 2 aromatic rings. The molecule has 1 unspecified atom stereocenters. The number of ether oxygens (including phenoxy) is 1. The number of aryl methyl sites for hydroxylation is 1. The van der Waals surface area contributed by atoms with Crippen LogP contribution in [0.3, 0.4) is 0 Å². The number of para-hydroxylation sites is 1. The van der Waals surface area contributed by atoms with E-state index in [9.17, 15) is 0 Å². The summed E-state index contributed by atoms with van der Waals surface area (Å²) in [4.78, 5) is 13.5. The van der Waals surface area contributed by atoms with Crippen LogP contribution in [0.25, 0.3) is 10.9 Å². The highest BCUT2D eigenvalue weighted by Crippen LogP contribution is 2.22. The lowest BCUT2D eigenvalue weighted by Gasteiger charge is -2.32. The first-order valence-corrected chi connectivity index (χ1v) is 10.7. The molecule has 0 radical (unpaired) electrons. The van der Waals surface area contributed by atoms with Gasteiger partial charge in [-0.15, -0.1) is 24.0 Å². The van der Waals surface area contributed by atoms with Crippen molar-refractivity contribution < 1.29 is 4.74 Å². The van der Waals surface area contributed by atoms with Crippen molar-refractivity contribution in [1.29, 1.82) is 0 Å². The van der Waals surface area contributed by atoms with Gasteiger partial charge in [-0.05, 0) is 38.3 Å². The Morgan fingerprint density at radius 2 is 2.03 bits per heavy atom. The molecule has 0 aliphatic carbocycles. The Kier molecular flexibility index (Phi) is 8.20. The van der Waals surface area contributed by atoms with Gasteiger partial charge in [0.1, 0.15) is 0 Å². The third-order valence-electron chi connectivity index (χ3n) is 6.01. The summed E-state index contributed by atoms with van der Waals surface area (Å²) in [5, 5.41) is 4.83. The summed E-state index contributed by atoms with van der Waals surface area (Å²) in [5.74, 6) is 1.07. The second kappa shape index (κ2) is 10.6. The molecule has 2 aliphatic rings. The number of hydrogen-bond acceptors (Lipinski definition) is 3. The van der Waals surface area contributed by atoms with Crippen molar-refractivity contribution in [2.24, 2.45) is 4.99 Å². The van der Waals surface area contributed by atoms with Crippen LogP contribution in [-0.2, 0) is 11.2 Å². The average molecular weight is 511 g/mol. The van der Waals surface area contributed by atoms with Crippen LogP contribution in [0, 0.1) is 6.92 Å². The summed E-state index contributed by atoms with van der Waals surface area (Å²) < 4.78 is 5.51. The minimum Gasteiger partial charge on any atom is -0.379 e. The molecule has 7 heteroatoms. The highest BCUT2D eigenvalue weighted by atomic mass is 127. The van der Waals surface area contributed by atoms with Crippen LogP contribution >= 0.6 is 24.0 Å². The van der Waals surface area contributed by atoms with E-state index in [0.29, 0.717) is 6.04 Å². The zero-order valence-electron chi connectivity index (χ0n) is 17.6. The lowest BCUT2D eigenvalue weighted by Crippen LogP contribution is -2.46. The summed E-state index contributed by atoms with van der Waals surface area (Å²) in [7, 11) is 0. The molecule has 2 aliphatic heterocycles. The molecule has 2 saturated heterocycles. The molecule has 1 aromatic heterocycles. The van der Waals surface area contributed by atoms with E-state index in [1.165, 1.54) is 28.6 Å². The number of halogens is 1. The minimum absolute atomic E-state index is 0. The van der Waals surface area contributed by atoms with Gasteiger partial charge in [-0.25, -0.2) is 0 Å². The molecule has 0 saturated carbocycles. The van der Waals surface area contributed by atoms with Crippen molar-refractivity contribution in [2.75, 3.05) is 52.5 Å². The molecular formula is C22H34IN5O. The van der Waals surface area contributed by atoms with Crippen molar-refractivity contribution in [2.45, 2.75) is 32.7 Å². The second-order valence-electron chi connectivity index (χ2n) is 7.80. The van der Waals surface area contributed by atoms with Gasteiger partial charge in [0, 0.05) is 61.9 Å². The summed E-state index contributed by atoms with van der Waals surface area (Å²) >= 11 is 0. The Labute approximate surface area is 191 Å². The molecule has 29 heavy (non-hydrogen) atoms. The van der Waals surface area contributed by atoms with Crippen LogP contribution < -0.4 is 5.32 Å². The number of aromatic amines is 1. The van der Waals surface area contributed by atoms with E-state index in [-0.39, 0.29) is 24.0 Å². The van der Waals surface area contributed by atoms with E-state index in [1.807, 2.05) is 0 Å². The fourth-order valence-electron chi connectivity index (χ4n) is 4.53. The number of morpholine rings is 1. The van der Waals surface area contributed by atoms with Crippen molar-refractivity contribution in [1.82, 2.24) is 20.1 Å². The number of H-pyrrole nitrogens is 1. The Balaban J connectivity index is 0.00000240. The Bertz CT molecular complexity index is 815. The standard InChI is InChI=1S/C22H33N5O.HI/c1-3-23-22(27-11-9-18(16-27)26-12-14-28-15-13-26)24-10-8-19-17(2)25-21-7-5-4-6-20(19)21;/h4-7,18,25H,3,8-16H2,1-2H3,(H,23,24);1H. The van der Waals surface area contributed by atoms with Crippen LogP contribution in [0.15, 0.2) is 29.3 Å². The number of nitrogens with one attached hydrogen (secondary N) is 2. The molecule has 6 nitrogen and oxygen atoms in total. The molecule has 1 atom stereocenters. The Morgan fingerprint density at radius 3 is 2.83 bits per heavy atom. The molecule has 0 spiro atoms. The summed E-state index contributed by atoms with van der Waals surface area (Å²) in [6.45, 7) is 12.0. The average Bonchev–Trinajstić information content (AvgIpc) is 3.33. The predicted octanol–water partition coefficient (Wildman–Crippen LogP) is 3.01. The first kappa shape index (κ1) is 22.4. The molecular weight excluding hydrogens is 477 g/mol. The van der Waals surface area contributed by atoms with Crippen molar-refractivity contribution in [3.8, 4) is 0 Å². The number of benzene rings is 1. The van der Waals surface area contributed by atoms with Gasteiger partial charge in [0.05, 0.1) is 13.2 Å². The van der Waals surface area contributed by atoms with Gasteiger partial charge >= 0.3 is 0 Å². The first-order valence-electron chi connectivity index (χ1n) is 10.7. The third-order valence-corrected chi connectivity index (χ3v) is 6.01. The highest BCUT2D eigenvalue weighted by Gasteiger charge is 2.30. The molecule has 0 bridgehead atoms. The summed E-state index contributed by atoms with van der Waals surface area (Å²) in [6.07, 6.45) is 2.18. The number of guanidine groups is 1. The zero-order valence-corrected chi connectivity index (χ0v) is 19.9. The maximum atomic E-state index is 5.51. The number of aliphatic imine (C=N–C) groups is 1. The molecule has 1 aromatic carbocycles. The van der Waals surface area contributed by atoms with Gasteiger partial charge in [-0.2, -0.15) is 0 Å². The first-order chi connectivity index (χ1) is 13.8. The van der Waals surface area contributed by atoms with E-state index in [4.69, 9.17) is 9.73 Å². The summed E-state index contributed by atoms with van der Waals surface area (Å²) in [6, 6.07) is 9.18. The Morgan fingerprint density at radius 1 is 1.24 bits per heavy atom. The van der Waals surface area contributed by atoms with E-state index >= 15 is 0 Å². The van der Waals surface area contributed by atoms with Crippen LogP contribution in [0.1, 0.15) is 24.6 Å². The number of rotatable bonds is 5. The molecule has 160 valence electrons. The largest absolute Gasteiger partial charge is 0.379 e. The van der Waals surface area contributed by atoms with Crippen molar-refractivity contribution in [3.05, 3.63) is 35.5 Å². The quantitative estimate of drug-likeness (QED) is 0.368. The maximum Gasteiger partial charge on any atom is 0.193 e. The van der Waals surface area contributed by atoms with Gasteiger partial charge in [-0.1, -0.05) is 18.2 Å². The van der Waals surface area contributed by atoms with Crippen LogP contribution in [0.5, 0.6) is 0 Å². The van der Waals surface area contributed by atoms with Crippen LogP contribution in [0.4, 0.5) is 0 Å². The van der Waals surface area contributed by atoms with Gasteiger partial charge in [0.2, 0.25) is 0 Å². The minimum atomic E-state index is 0. The number of nitrogens with zero attached hydrogens (tertiary/aromatic N) is 3. The molecule has 0 amide bonds. The molecule has 2 N–H and O–H groups in total. The smallest absolute Gasteiger partial charge is 0.193 e. The van der Waals surface area contributed by atoms with Gasteiger partial charge in [0.25, 0.3) is 0 Å². The number of hydrogen-bond donors (Lipinski definition) is 2. The van der Waals surface area contributed by atoms with Crippen LogP contribution in [0.2, 0.25) is 0 Å². The lowest BCUT2D eigenvalue weighted by atomic mass is 10.1. The van der Waals surface area contributed by atoms with E-state index in [1.54, 1.807) is 0 Å². The predicted molar refractivity (Wildman–Crippen MR) is 131 cm³/mol. The van der Waals surface area contributed by atoms with E-state index in [0.717, 1.165) is 64.9 Å². The van der Waals surface area contributed by atoms with Gasteiger partial charge < -0.3 is 19.9 Å². The fourth-order valence-corrected chi connectivity index (χ4v) is 4.53. The van der Waals surface area contributed by atoms with Crippen LogP contribution in [-0.4, -0.2) is 79.3 Å². The second-order valence-corrected chi connectivity index (χ2v) is 7.80.